The van der Waals surface area contributed by atoms with Gasteiger partial charge in [-0.1, -0.05) is 0 Å². The van der Waals surface area contributed by atoms with Crippen LogP contribution >= 0.6 is 11.8 Å². The Morgan fingerprint density at radius 3 is 3.28 bits per heavy atom. The van der Waals surface area contributed by atoms with Gasteiger partial charge in [0.05, 0.1) is 12.8 Å². The molecule has 1 aliphatic rings. The third-order valence-corrected chi connectivity index (χ3v) is 4.75. The molecule has 3 nitrogen and oxygen atoms in total. The van der Waals surface area contributed by atoms with Crippen molar-refractivity contribution in [2.45, 2.75) is 19.3 Å². The smallest absolute Gasteiger partial charge is 0.179 e. The highest BCUT2D eigenvalue weighted by atomic mass is 32.2. The van der Waals surface area contributed by atoms with Crippen LogP contribution in [0.2, 0.25) is 0 Å². The number of aromatic nitrogens is 2. The summed E-state index contributed by atoms with van der Waals surface area (Å²) in [5.74, 6) is 4.25. The van der Waals surface area contributed by atoms with E-state index in [0.29, 0.717) is 0 Å². The monoisotopic (exact) mass is 262 g/mol. The number of hydrogen-bond acceptors (Lipinski definition) is 3. The molecule has 3 rings (SSSR count). The number of rotatable bonds is 3. The number of thioether (sulfide) groups is 1. The van der Waals surface area contributed by atoms with E-state index in [1.807, 2.05) is 18.3 Å². The van der Waals surface area contributed by atoms with Crippen molar-refractivity contribution >= 4 is 17.4 Å². The topological polar surface area (TPSA) is 26.5 Å². The zero-order valence-corrected chi connectivity index (χ0v) is 11.4. The molecular weight excluding hydrogens is 244 g/mol. The van der Waals surface area contributed by atoms with Crippen LogP contribution in [-0.2, 0) is 6.42 Å². The predicted molar refractivity (Wildman–Crippen MR) is 75.5 cm³/mol. The van der Waals surface area contributed by atoms with E-state index in [-0.39, 0.29) is 0 Å². The number of ether oxygens (including phenoxy) is 1. The summed E-state index contributed by atoms with van der Waals surface area (Å²) in [5.41, 5.74) is 2.12. The molecule has 1 saturated heterocycles. The fraction of sp³-hybridized carbons (Fsp3) is 0.500. The molecule has 18 heavy (non-hydrogen) atoms. The van der Waals surface area contributed by atoms with Gasteiger partial charge in [0.2, 0.25) is 0 Å². The molecule has 1 unspecified atom stereocenters. The summed E-state index contributed by atoms with van der Waals surface area (Å²) in [6, 6.07) is 3.95. The second-order valence-electron chi connectivity index (χ2n) is 4.83. The van der Waals surface area contributed by atoms with Crippen LogP contribution in [0.3, 0.4) is 0 Å². The number of hydrogen-bond donors (Lipinski definition) is 0. The van der Waals surface area contributed by atoms with Gasteiger partial charge in [-0.25, -0.2) is 4.98 Å². The van der Waals surface area contributed by atoms with Crippen molar-refractivity contribution in [2.75, 3.05) is 18.6 Å². The summed E-state index contributed by atoms with van der Waals surface area (Å²) < 4.78 is 7.40. The van der Waals surface area contributed by atoms with E-state index >= 15 is 0 Å². The molecule has 0 bridgehead atoms. The summed E-state index contributed by atoms with van der Waals surface area (Å²) in [6.45, 7) is 0. The third kappa shape index (κ3) is 2.34. The minimum atomic E-state index is 0.791. The SMILES string of the molecule is COc1cccn2cc(CC3CCCSC3)nc12. The van der Waals surface area contributed by atoms with Gasteiger partial charge < -0.3 is 9.14 Å². The molecule has 0 aliphatic carbocycles. The summed E-state index contributed by atoms with van der Waals surface area (Å²) in [6.07, 6.45) is 7.96. The van der Waals surface area contributed by atoms with Crippen LogP contribution in [0.15, 0.2) is 24.5 Å². The van der Waals surface area contributed by atoms with E-state index in [4.69, 9.17) is 9.72 Å². The second kappa shape index (κ2) is 5.22. The molecule has 0 aromatic carbocycles. The van der Waals surface area contributed by atoms with Gasteiger partial charge in [0.25, 0.3) is 0 Å². The molecule has 0 radical (unpaired) electrons. The van der Waals surface area contributed by atoms with Crippen molar-refractivity contribution in [2.24, 2.45) is 5.92 Å². The zero-order chi connectivity index (χ0) is 12.4. The highest BCUT2D eigenvalue weighted by Crippen LogP contribution is 2.26. The standard InChI is InChI=1S/C14H18N2OS/c1-17-13-5-2-6-16-9-12(15-14(13)16)8-11-4-3-7-18-10-11/h2,5-6,9,11H,3-4,7-8,10H2,1H3. The largest absolute Gasteiger partial charge is 0.493 e. The molecule has 3 heterocycles. The number of fused-ring (bicyclic) bond motifs is 1. The van der Waals surface area contributed by atoms with Gasteiger partial charge in [-0.2, -0.15) is 11.8 Å². The van der Waals surface area contributed by atoms with Crippen molar-refractivity contribution in [3.05, 3.63) is 30.2 Å². The molecule has 0 saturated carbocycles. The van der Waals surface area contributed by atoms with Crippen LogP contribution in [0.1, 0.15) is 18.5 Å². The first-order chi connectivity index (χ1) is 8.86. The fourth-order valence-corrected chi connectivity index (χ4v) is 3.72. The number of pyridine rings is 1. The van der Waals surface area contributed by atoms with E-state index < -0.39 is 0 Å². The van der Waals surface area contributed by atoms with E-state index in [1.165, 1.54) is 30.0 Å². The normalized spacial score (nSPS) is 20.2. The quantitative estimate of drug-likeness (QED) is 0.850. The van der Waals surface area contributed by atoms with E-state index in [2.05, 4.69) is 22.4 Å². The average Bonchev–Trinajstić information content (AvgIpc) is 2.82. The Labute approximate surface area is 112 Å². The summed E-state index contributed by atoms with van der Waals surface area (Å²) in [7, 11) is 1.70. The molecule has 2 aromatic rings. The molecular formula is C14H18N2OS. The number of nitrogens with zero attached hydrogens (tertiary/aromatic N) is 2. The first-order valence-corrected chi connectivity index (χ1v) is 7.60. The van der Waals surface area contributed by atoms with Crippen LogP contribution in [0.5, 0.6) is 5.75 Å². The van der Waals surface area contributed by atoms with Crippen molar-refractivity contribution in [3.63, 3.8) is 0 Å². The zero-order valence-electron chi connectivity index (χ0n) is 10.6. The first kappa shape index (κ1) is 11.9. The molecule has 1 aliphatic heterocycles. The summed E-state index contributed by atoms with van der Waals surface area (Å²) in [5, 5.41) is 0. The van der Waals surface area contributed by atoms with E-state index in [0.717, 1.165) is 23.7 Å². The minimum Gasteiger partial charge on any atom is -0.493 e. The van der Waals surface area contributed by atoms with Gasteiger partial charge in [0.1, 0.15) is 0 Å². The molecule has 0 N–H and O–H groups in total. The van der Waals surface area contributed by atoms with E-state index in [1.54, 1.807) is 7.11 Å². The molecule has 0 amide bonds. The lowest BCUT2D eigenvalue weighted by atomic mass is 10.00. The van der Waals surface area contributed by atoms with Crippen LogP contribution in [0, 0.1) is 5.92 Å². The van der Waals surface area contributed by atoms with Crippen LogP contribution in [-0.4, -0.2) is 28.0 Å². The number of methoxy groups -OCH3 is 1. The minimum absolute atomic E-state index is 0.791. The van der Waals surface area contributed by atoms with Gasteiger partial charge in [-0.15, -0.1) is 0 Å². The highest BCUT2D eigenvalue weighted by Gasteiger charge is 2.16. The summed E-state index contributed by atoms with van der Waals surface area (Å²) in [4.78, 5) is 4.71. The van der Waals surface area contributed by atoms with Crippen molar-refractivity contribution in [1.82, 2.24) is 9.38 Å². The average molecular weight is 262 g/mol. The lowest BCUT2D eigenvalue weighted by Crippen LogP contribution is -2.13. The lowest BCUT2D eigenvalue weighted by molar-refractivity contribution is 0.417. The Hall–Kier alpha value is -1.16. The molecule has 1 atom stereocenters. The molecule has 2 aromatic heterocycles. The molecule has 4 heteroatoms. The highest BCUT2D eigenvalue weighted by molar-refractivity contribution is 7.99. The Morgan fingerprint density at radius 1 is 1.56 bits per heavy atom. The molecule has 1 fully saturated rings. The van der Waals surface area contributed by atoms with Gasteiger partial charge in [0.15, 0.2) is 11.4 Å². The Morgan fingerprint density at radius 2 is 2.50 bits per heavy atom. The molecule has 0 spiro atoms. The van der Waals surface area contributed by atoms with Crippen LogP contribution in [0.4, 0.5) is 0 Å². The Kier molecular flexibility index (Phi) is 3.46. The van der Waals surface area contributed by atoms with Gasteiger partial charge in [0, 0.05) is 12.4 Å². The lowest BCUT2D eigenvalue weighted by Gasteiger charge is -2.19. The Balaban J connectivity index is 1.84. The van der Waals surface area contributed by atoms with Gasteiger partial charge >= 0.3 is 0 Å². The van der Waals surface area contributed by atoms with Gasteiger partial charge in [-0.05, 0) is 48.8 Å². The van der Waals surface area contributed by atoms with Crippen molar-refractivity contribution in [1.29, 1.82) is 0 Å². The van der Waals surface area contributed by atoms with Crippen molar-refractivity contribution in [3.8, 4) is 5.75 Å². The van der Waals surface area contributed by atoms with Crippen LogP contribution < -0.4 is 4.74 Å². The second-order valence-corrected chi connectivity index (χ2v) is 5.98. The van der Waals surface area contributed by atoms with E-state index in [9.17, 15) is 0 Å². The summed E-state index contributed by atoms with van der Waals surface area (Å²) >= 11 is 2.08. The van der Waals surface area contributed by atoms with Crippen LogP contribution in [0.25, 0.3) is 5.65 Å². The molecule has 96 valence electrons. The first-order valence-electron chi connectivity index (χ1n) is 6.45. The number of imidazole rings is 1. The van der Waals surface area contributed by atoms with Gasteiger partial charge in [-0.3, -0.25) is 0 Å². The predicted octanol–water partition coefficient (Wildman–Crippen LogP) is 3.03. The maximum Gasteiger partial charge on any atom is 0.179 e. The fourth-order valence-electron chi connectivity index (χ4n) is 2.56. The third-order valence-electron chi connectivity index (χ3n) is 3.47. The maximum atomic E-state index is 5.34. The Bertz CT molecular complexity index is 532. The van der Waals surface area contributed by atoms with Crippen molar-refractivity contribution < 1.29 is 4.74 Å². The maximum absolute atomic E-state index is 5.34.